The number of furan rings is 1. The molecule has 2 amide bonds. The van der Waals surface area contributed by atoms with Crippen LogP contribution in [-0.2, 0) is 4.79 Å². The second kappa shape index (κ2) is 4.38. The molecule has 0 aromatic carbocycles. The molecule has 1 saturated heterocycles. The van der Waals surface area contributed by atoms with E-state index in [1.807, 2.05) is 6.92 Å². The normalized spacial score (nSPS) is 16.3. The van der Waals surface area contributed by atoms with E-state index in [1.165, 1.54) is 6.26 Å². The van der Waals surface area contributed by atoms with Crippen molar-refractivity contribution >= 4 is 12.3 Å². The van der Waals surface area contributed by atoms with E-state index in [0.29, 0.717) is 31.9 Å². The van der Waals surface area contributed by atoms with E-state index in [2.05, 4.69) is 0 Å². The first-order valence-corrected chi connectivity index (χ1v) is 5.25. The Morgan fingerprint density at radius 2 is 2.06 bits per heavy atom. The number of aryl methyl sites for hydroxylation is 1. The van der Waals surface area contributed by atoms with Crippen molar-refractivity contribution in [3.63, 3.8) is 0 Å². The van der Waals surface area contributed by atoms with Gasteiger partial charge in [0.15, 0.2) is 5.76 Å². The molecule has 0 saturated carbocycles. The molecule has 16 heavy (non-hydrogen) atoms. The quantitative estimate of drug-likeness (QED) is 0.685. The number of amides is 2. The Balaban J connectivity index is 2.02. The van der Waals surface area contributed by atoms with Gasteiger partial charge in [-0.25, -0.2) is 0 Å². The molecule has 1 aromatic rings. The van der Waals surface area contributed by atoms with Crippen LogP contribution in [0.15, 0.2) is 16.7 Å². The molecule has 0 radical (unpaired) electrons. The van der Waals surface area contributed by atoms with Crippen molar-refractivity contribution in [1.82, 2.24) is 9.80 Å². The summed E-state index contributed by atoms with van der Waals surface area (Å²) in [5.74, 6) is 0.313. The van der Waals surface area contributed by atoms with Crippen molar-refractivity contribution in [3.8, 4) is 0 Å². The first-order valence-electron chi connectivity index (χ1n) is 5.25. The average Bonchev–Trinajstić information content (AvgIpc) is 2.75. The van der Waals surface area contributed by atoms with Crippen LogP contribution in [0.1, 0.15) is 16.1 Å². The Kier molecular flexibility index (Phi) is 2.94. The fraction of sp³-hybridized carbons (Fsp3) is 0.455. The Hall–Kier alpha value is -1.78. The number of nitrogens with zero attached hydrogens (tertiary/aromatic N) is 2. The Labute approximate surface area is 93.6 Å². The van der Waals surface area contributed by atoms with Crippen molar-refractivity contribution in [1.29, 1.82) is 0 Å². The highest BCUT2D eigenvalue weighted by Gasteiger charge is 2.24. The first-order chi connectivity index (χ1) is 7.72. The molecule has 86 valence electrons. The minimum absolute atomic E-state index is 0.0898. The molecule has 2 rings (SSSR count). The molecule has 0 atom stereocenters. The average molecular weight is 222 g/mol. The molecule has 2 heterocycles. The maximum atomic E-state index is 12.0. The van der Waals surface area contributed by atoms with Crippen LogP contribution in [0.4, 0.5) is 0 Å². The molecule has 0 unspecified atom stereocenters. The maximum Gasteiger partial charge on any atom is 0.289 e. The molecule has 0 N–H and O–H groups in total. The Morgan fingerprint density at radius 3 is 2.56 bits per heavy atom. The molecule has 5 nitrogen and oxygen atoms in total. The topological polar surface area (TPSA) is 53.8 Å². The molecule has 0 aliphatic carbocycles. The molecule has 0 bridgehead atoms. The van der Waals surface area contributed by atoms with Gasteiger partial charge >= 0.3 is 0 Å². The van der Waals surface area contributed by atoms with Gasteiger partial charge in [-0.3, -0.25) is 9.59 Å². The van der Waals surface area contributed by atoms with Gasteiger partial charge in [0.25, 0.3) is 5.91 Å². The fourth-order valence-electron chi connectivity index (χ4n) is 1.77. The van der Waals surface area contributed by atoms with Crippen LogP contribution in [0.2, 0.25) is 0 Å². The standard InChI is InChI=1S/C11H14N2O3/c1-9-2-7-16-10(9)11(15)13-5-3-12(8-14)4-6-13/h2,7-8H,3-6H2,1H3. The molecular weight excluding hydrogens is 208 g/mol. The number of rotatable bonds is 2. The summed E-state index contributed by atoms with van der Waals surface area (Å²) in [7, 11) is 0. The van der Waals surface area contributed by atoms with Crippen molar-refractivity contribution in [2.45, 2.75) is 6.92 Å². The van der Waals surface area contributed by atoms with E-state index >= 15 is 0 Å². The number of piperazine rings is 1. The van der Waals surface area contributed by atoms with Gasteiger partial charge in [-0.15, -0.1) is 0 Å². The van der Waals surface area contributed by atoms with Gasteiger partial charge in [0, 0.05) is 31.7 Å². The predicted octanol–water partition coefficient (Wildman–Crippen LogP) is 0.502. The summed E-state index contributed by atoms with van der Waals surface area (Å²) in [5, 5.41) is 0. The van der Waals surface area contributed by atoms with Gasteiger partial charge in [-0.05, 0) is 13.0 Å². The van der Waals surface area contributed by atoms with Gasteiger partial charge in [-0.2, -0.15) is 0 Å². The van der Waals surface area contributed by atoms with Gasteiger partial charge in [-0.1, -0.05) is 0 Å². The maximum absolute atomic E-state index is 12.0. The van der Waals surface area contributed by atoms with Crippen molar-refractivity contribution in [3.05, 3.63) is 23.7 Å². The van der Waals surface area contributed by atoms with E-state index in [0.717, 1.165) is 12.0 Å². The van der Waals surface area contributed by atoms with Gasteiger partial charge < -0.3 is 14.2 Å². The van der Waals surface area contributed by atoms with E-state index < -0.39 is 0 Å². The molecule has 1 aliphatic heterocycles. The highest BCUT2D eigenvalue weighted by atomic mass is 16.3. The second-order valence-corrected chi connectivity index (χ2v) is 3.87. The first kappa shape index (κ1) is 10.7. The summed E-state index contributed by atoms with van der Waals surface area (Å²) in [6.45, 7) is 4.16. The van der Waals surface area contributed by atoms with Gasteiger partial charge in [0.2, 0.25) is 6.41 Å². The van der Waals surface area contributed by atoms with Crippen LogP contribution in [0.5, 0.6) is 0 Å². The third kappa shape index (κ3) is 1.93. The van der Waals surface area contributed by atoms with Crippen molar-refractivity contribution in [2.75, 3.05) is 26.2 Å². The number of carbonyl (C=O) groups is 2. The van der Waals surface area contributed by atoms with Crippen molar-refractivity contribution < 1.29 is 14.0 Å². The lowest BCUT2D eigenvalue weighted by molar-refractivity contribution is -0.119. The SMILES string of the molecule is Cc1ccoc1C(=O)N1CCN(C=O)CC1. The third-order valence-electron chi connectivity index (χ3n) is 2.81. The second-order valence-electron chi connectivity index (χ2n) is 3.87. The minimum atomic E-state index is -0.0898. The molecular formula is C11H14N2O3. The smallest absolute Gasteiger partial charge is 0.289 e. The lowest BCUT2D eigenvalue weighted by atomic mass is 10.2. The lowest BCUT2D eigenvalue weighted by Crippen LogP contribution is -2.48. The highest BCUT2D eigenvalue weighted by molar-refractivity contribution is 5.92. The largest absolute Gasteiger partial charge is 0.459 e. The van der Waals surface area contributed by atoms with Crippen LogP contribution >= 0.6 is 0 Å². The van der Waals surface area contributed by atoms with Crippen LogP contribution in [0.25, 0.3) is 0 Å². The zero-order chi connectivity index (χ0) is 11.5. The summed E-state index contributed by atoms with van der Waals surface area (Å²) in [6.07, 6.45) is 2.34. The van der Waals surface area contributed by atoms with Gasteiger partial charge in [0.1, 0.15) is 0 Å². The van der Waals surface area contributed by atoms with Gasteiger partial charge in [0.05, 0.1) is 6.26 Å². The third-order valence-corrected chi connectivity index (χ3v) is 2.81. The molecule has 0 spiro atoms. The number of hydrogen-bond acceptors (Lipinski definition) is 3. The predicted molar refractivity (Wildman–Crippen MR) is 57.0 cm³/mol. The molecule has 1 aromatic heterocycles. The zero-order valence-corrected chi connectivity index (χ0v) is 9.18. The summed E-state index contributed by atoms with van der Waals surface area (Å²) >= 11 is 0. The number of hydrogen-bond donors (Lipinski definition) is 0. The van der Waals surface area contributed by atoms with Crippen LogP contribution in [-0.4, -0.2) is 48.3 Å². The molecule has 1 fully saturated rings. The Bertz CT molecular complexity index is 392. The minimum Gasteiger partial charge on any atom is -0.459 e. The summed E-state index contributed by atoms with van der Waals surface area (Å²) < 4.78 is 5.16. The summed E-state index contributed by atoms with van der Waals surface area (Å²) in [4.78, 5) is 25.9. The lowest BCUT2D eigenvalue weighted by Gasteiger charge is -2.32. The number of carbonyl (C=O) groups excluding carboxylic acids is 2. The highest BCUT2D eigenvalue weighted by Crippen LogP contribution is 2.13. The Morgan fingerprint density at radius 1 is 1.38 bits per heavy atom. The molecule has 1 aliphatic rings. The summed E-state index contributed by atoms with van der Waals surface area (Å²) in [5.41, 5.74) is 0.850. The monoisotopic (exact) mass is 222 g/mol. The van der Waals surface area contributed by atoms with E-state index in [9.17, 15) is 9.59 Å². The molecule has 5 heteroatoms. The van der Waals surface area contributed by atoms with E-state index in [4.69, 9.17) is 4.42 Å². The zero-order valence-electron chi connectivity index (χ0n) is 9.18. The van der Waals surface area contributed by atoms with Crippen LogP contribution in [0.3, 0.4) is 0 Å². The fourth-order valence-corrected chi connectivity index (χ4v) is 1.77. The van der Waals surface area contributed by atoms with Crippen molar-refractivity contribution in [2.24, 2.45) is 0 Å². The van der Waals surface area contributed by atoms with Crippen LogP contribution < -0.4 is 0 Å². The van der Waals surface area contributed by atoms with Crippen LogP contribution in [0, 0.1) is 6.92 Å². The van der Waals surface area contributed by atoms with E-state index in [-0.39, 0.29) is 5.91 Å². The summed E-state index contributed by atoms with van der Waals surface area (Å²) in [6, 6.07) is 1.77. The van der Waals surface area contributed by atoms with E-state index in [1.54, 1.807) is 15.9 Å².